The van der Waals surface area contributed by atoms with Gasteiger partial charge in [0.25, 0.3) is 0 Å². The minimum Gasteiger partial charge on any atom is -0.480 e. The van der Waals surface area contributed by atoms with Gasteiger partial charge in [-0.25, -0.2) is 4.79 Å². The van der Waals surface area contributed by atoms with Crippen LogP contribution < -0.4 is 0 Å². The van der Waals surface area contributed by atoms with Crippen molar-refractivity contribution < 1.29 is 19.5 Å². The molecule has 2 rings (SSSR count). The number of piperidine rings is 1. The van der Waals surface area contributed by atoms with E-state index in [0.717, 1.165) is 12.0 Å². The molecule has 1 aromatic carbocycles. The summed E-state index contributed by atoms with van der Waals surface area (Å²) in [4.78, 5) is 37.2. The van der Waals surface area contributed by atoms with Crippen LogP contribution in [0.5, 0.6) is 0 Å². The number of nitrogens with zero attached hydrogens (tertiary/aromatic N) is 1. The first kappa shape index (κ1) is 17.2. The van der Waals surface area contributed by atoms with Gasteiger partial charge >= 0.3 is 5.97 Å². The average molecular weight is 317 g/mol. The Morgan fingerprint density at radius 2 is 1.83 bits per heavy atom. The van der Waals surface area contributed by atoms with E-state index in [1.54, 1.807) is 12.1 Å². The number of amides is 1. The van der Waals surface area contributed by atoms with Crippen molar-refractivity contribution in [3.8, 4) is 0 Å². The summed E-state index contributed by atoms with van der Waals surface area (Å²) in [6.07, 6.45) is 1.46. The second-order valence-corrected chi connectivity index (χ2v) is 6.36. The van der Waals surface area contributed by atoms with Gasteiger partial charge in [0.15, 0.2) is 5.78 Å². The largest absolute Gasteiger partial charge is 0.480 e. The lowest BCUT2D eigenvalue weighted by atomic mass is 9.92. The topological polar surface area (TPSA) is 74.7 Å². The van der Waals surface area contributed by atoms with Gasteiger partial charge in [-0.2, -0.15) is 0 Å². The van der Waals surface area contributed by atoms with Crippen molar-refractivity contribution in [2.75, 3.05) is 6.54 Å². The number of ketones is 1. The van der Waals surface area contributed by atoms with E-state index < -0.39 is 12.0 Å². The number of hydrogen-bond donors (Lipinski definition) is 1. The van der Waals surface area contributed by atoms with Gasteiger partial charge in [0.05, 0.1) is 0 Å². The van der Waals surface area contributed by atoms with E-state index >= 15 is 0 Å². The van der Waals surface area contributed by atoms with Crippen molar-refractivity contribution in [2.45, 2.75) is 45.6 Å². The Bertz CT molecular complexity index is 594. The van der Waals surface area contributed by atoms with Gasteiger partial charge in [-0.3, -0.25) is 9.59 Å². The molecule has 1 aliphatic rings. The fourth-order valence-corrected chi connectivity index (χ4v) is 2.92. The molecule has 0 aromatic heterocycles. The highest BCUT2D eigenvalue weighted by Gasteiger charge is 2.34. The summed E-state index contributed by atoms with van der Waals surface area (Å²) < 4.78 is 0. The Balaban J connectivity index is 1.94. The average Bonchev–Trinajstić information content (AvgIpc) is 2.52. The van der Waals surface area contributed by atoms with Crippen LogP contribution >= 0.6 is 0 Å². The molecule has 1 aromatic rings. The molecule has 2 unspecified atom stereocenters. The number of rotatable bonds is 5. The van der Waals surface area contributed by atoms with Crippen molar-refractivity contribution in [1.82, 2.24) is 4.90 Å². The third-order valence-electron chi connectivity index (χ3n) is 4.41. The maximum Gasteiger partial charge on any atom is 0.326 e. The number of Topliss-reactive ketones (excluding diaryl/α,β-unsaturated/α-hetero) is 1. The molecule has 1 amide bonds. The molecule has 0 spiro atoms. The highest BCUT2D eigenvalue weighted by molar-refractivity contribution is 5.98. The number of carboxylic acid groups (broad SMARTS) is 1. The number of carboxylic acids is 1. The SMILES string of the molecule is Cc1ccc(C(=O)CCC(=O)N2CCC(C)CC2C(=O)O)cc1. The van der Waals surface area contributed by atoms with Crippen LogP contribution in [0.15, 0.2) is 24.3 Å². The van der Waals surface area contributed by atoms with Crippen molar-refractivity contribution >= 4 is 17.7 Å². The van der Waals surface area contributed by atoms with Crippen molar-refractivity contribution in [1.29, 1.82) is 0 Å². The van der Waals surface area contributed by atoms with Crippen LogP contribution in [-0.2, 0) is 9.59 Å². The maximum absolute atomic E-state index is 12.3. The fraction of sp³-hybridized carbons (Fsp3) is 0.500. The molecular formula is C18H23NO4. The molecule has 1 saturated heterocycles. The minimum absolute atomic E-state index is 0.0604. The Kier molecular flexibility index (Phi) is 5.53. The first-order valence-electron chi connectivity index (χ1n) is 8.00. The predicted octanol–water partition coefficient (Wildman–Crippen LogP) is 2.67. The van der Waals surface area contributed by atoms with E-state index in [0.29, 0.717) is 24.4 Å². The van der Waals surface area contributed by atoms with Crippen LogP contribution in [0.2, 0.25) is 0 Å². The number of hydrogen-bond acceptors (Lipinski definition) is 3. The van der Waals surface area contributed by atoms with Crippen molar-refractivity contribution in [2.24, 2.45) is 5.92 Å². The number of aliphatic carboxylic acids is 1. The van der Waals surface area contributed by atoms with Gasteiger partial charge in [-0.05, 0) is 25.7 Å². The van der Waals surface area contributed by atoms with Crippen LogP contribution in [0.4, 0.5) is 0 Å². The lowest BCUT2D eigenvalue weighted by molar-refractivity contribution is -0.153. The predicted molar refractivity (Wildman–Crippen MR) is 86.3 cm³/mol. The molecule has 5 heteroatoms. The molecule has 0 radical (unpaired) electrons. The van der Waals surface area contributed by atoms with Crippen LogP contribution in [0.1, 0.15) is 48.5 Å². The maximum atomic E-state index is 12.3. The smallest absolute Gasteiger partial charge is 0.326 e. The summed E-state index contributed by atoms with van der Waals surface area (Å²) in [7, 11) is 0. The summed E-state index contributed by atoms with van der Waals surface area (Å²) >= 11 is 0. The molecule has 0 aliphatic carbocycles. The van der Waals surface area contributed by atoms with Crippen molar-refractivity contribution in [3.63, 3.8) is 0 Å². The molecule has 2 atom stereocenters. The van der Waals surface area contributed by atoms with E-state index in [1.807, 2.05) is 26.0 Å². The molecule has 0 bridgehead atoms. The normalized spacial score (nSPS) is 21.0. The third-order valence-corrected chi connectivity index (χ3v) is 4.41. The van der Waals surface area contributed by atoms with Gasteiger partial charge in [0, 0.05) is 24.9 Å². The van der Waals surface area contributed by atoms with Crippen LogP contribution in [0.25, 0.3) is 0 Å². The summed E-state index contributed by atoms with van der Waals surface area (Å²) in [5, 5.41) is 9.30. The van der Waals surface area contributed by atoms with Crippen LogP contribution in [-0.4, -0.2) is 40.3 Å². The molecule has 1 heterocycles. The lowest BCUT2D eigenvalue weighted by Crippen LogP contribution is -2.49. The fourth-order valence-electron chi connectivity index (χ4n) is 2.92. The number of benzene rings is 1. The van der Waals surface area contributed by atoms with E-state index in [-0.39, 0.29) is 24.5 Å². The Labute approximate surface area is 136 Å². The molecule has 1 N–H and O–H groups in total. The molecular weight excluding hydrogens is 294 g/mol. The van der Waals surface area contributed by atoms with E-state index in [4.69, 9.17) is 0 Å². The molecule has 5 nitrogen and oxygen atoms in total. The summed E-state index contributed by atoms with van der Waals surface area (Å²) in [6.45, 7) is 4.40. The first-order valence-corrected chi connectivity index (χ1v) is 8.00. The van der Waals surface area contributed by atoms with E-state index in [9.17, 15) is 19.5 Å². The Hall–Kier alpha value is -2.17. The lowest BCUT2D eigenvalue weighted by Gasteiger charge is -2.36. The number of likely N-dealkylation sites (tertiary alicyclic amines) is 1. The zero-order valence-corrected chi connectivity index (χ0v) is 13.6. The van der Waals surface area contributed by atoms with Gasteiger partial charge in [-0.15, -0.1) is 0 Å². The second-order valence-electron chi connectivity index (χ2n) is 6.36. The molecule has 1 fully saturated rings. The Morgan fingerprint density at radius 3 is 2.43 bits per heavy atom. The van der Waals surface area contributed by atoms with Crippen molar-refractivity contribution in [3.05, 3.63) is 35.4 Å². The quantitative estimate of drug-likeness (QED) is 0.847. The molecule has 1 aliphatic heterocycles. The highest BCUT2D eigenvalue weighted by atomic mass is 16.4. The first-order chi connectivity index (χ1) is 10.9. The molecule has 23 heavy (non-hydrogen) atoms. The number of carbonyl (C=O) groups is 3. The molecule has 0 saturated carbocycles. The monoisotopic (exact) mass is 317 g/mol. The zero-order chi connectivity index (χ0) is 17.0. The van der Waals surface area contributed by atoms with Crippen LogP contribution in [0, 0.1) is 12.8 Å². The van der Waals surface area contributed by atoms with E-state index in [2.05, 4.69) is 0 Å². The van der Waals surface area contributed by atoms with E-state index in [1.165, 1.54) is 4.90 Å². The van der Waals surface area contributed by atoms with Gasteiger partial charge in [0.1, 0.15) is 6.04 Å². The second kappa shape index (κ2) is 7.40. The van der Waals surface area contributed by atoms with Gasteiger partial charge in [-0.1, -0.05) is 36.8 Å². The Morgan fingerprint density at radius 1 is 1.17 bits per heavy atom. The summed E-state index contributed by atoms with van der Waals surface area (Å²) in [5.41, 5.74) is 1.66. The van der Waals surface area contributed by atoms with Gasteiger partial charge in [0.2, 0.25) is 5.91 Å². The third kappa shape index (κ3) is 4.41. The zero-order valence-electron chi connectivity index (χ0n) is 13.6. The minimum atomic E-state index is -0.963. The standard InChI is InChI=1S/C18H23NO4/c1-12-3-5-14(6-4-12)16(20)7-8-17(21)19-10-9-13(2)11-15(19)18(22)23/h3-6,13,15H,7-11H2,1-2H3,(H,22,23). The molecule has 124 valence electrons. The number of carbonyl (C=O) groups excluding carboxylic acids is 2. The summed E-state index contributed by atoms with van der Waals surface area (Å²) in [5.74, 6) is -0.996. The number of aryl methyl sites for hydroxylation is 1. The van der Waals surface area contributed by atoms with Gasteiger partial charge < -0.3 is 10.0 Å². The van der Waals surface area contributed by atoms with Crippen LogP contribution in [0.3, 0.4) is 0 Å². The highest BCUT2D eigenvalue weighted by Crippen LogP contribution is 2.23. The summed E-state index contributed by atoms with van der Waals surface area (Å²) in [6, 6.07) is 6.47.